The van der Waals surface area contributed by atoms with Crippen LogP contribution in [-0.2, 0) is 0 Å². The van der Waals surface area contributed by atoms with Crippen LogP contribution in [0.3, 0.4) is 0 Å². The summed E-state index contributed by atoms with van der Waals surface area (Å²) in [7, 11) is 0. The molecule has 0 atom stereocenters. The molecule has 1 rings (SSSR count). The topological polar surface area (TPSA) is 33.1 Å². The summed E-state index contributed by atoms with van der Waals surface area (Å²) in [6, 6.07) is 1.57. The van der Waals surface area contributed by atoms with Gasteiger partial charge >= 0.3 is 0 Å². The van der Waals surface area contributed by atoms with Crippen LogP contribution in [0.1, 0.15) is 6.42 Å². The molecule has 0 spiro atoms. The Morgan fingerprint density at radius 1 is 1.29 bits per heavy atom. The van der Waals surface area contributed by atoms with Crippen LogP contribution in [0.4, 0.5) is 0 Å². The van der Waals surface area contributed by atoms with Gasteiger partial charge in [0.15, 0.2) is 0 Å². The highest BCUT2D eigenvalue weighted by molar-refractivity contribution is 7.99. The van der Waals surface area contributed by atoms with Crippen LogP contribution in [0.5, 0.6) is 0 Å². The van der Waals surface area contributed by atoms with Crippen molar-refractivity contribution in [1.29, 1.82) is 0 Å². The fraction of sp³-hybridized carbons (Fsp3) is 0.375. The summed E-state index contributed by atoms with van der Waals surface area (Å²) >= 11 is 18.8. The number of aromatic nitrogens is 1. The third kappa shape index (κ3) is 3.48. The maximum atomic E-state index is 8.60. The molecule has 1 aromatic heterocycles. The molecule has 0 aliphatic rings. The van der Waals surface area contributed by atoms with Gasteiger partial charge in [-0.05, 0) is 12.5 Å². The van der Waals surface area contributed by atoms with E-state index in [0.717, 1.165) is 5.75 Å². The normalized spacial score (nSPS) is 10.6. The first-order valence-corrected chi connectivity index (χ1v) is 6.02. The summed E-state index contributed by atoms with van der Waals surface area (Å²) in [5.41, 5.74) is 0. The van der Waals surface area contributed by atoms with Crippen molar-refractivity contribution in [3.63, 3.8) is 0 Å². The number of hydrogen-bond acceptors (Lipinski definition) is 3. The zero-order valence-electron chi connectivity index (χ0n) is 7.14. The number of aliphatic hydroxyl groups is 1. The van der Waals surface area contributed by atoms with Crippen molar-refractivity contribution in [3.8, 4) is 0 Å². The van der Waals surface area contributed by atoms with E-state index in [2.05, 4.69) is 4.98 Å². The predicted molar refractivity (Wildman–Crippen MR) is 61.7 cm³/mol. The molecule has 1 N–H and O–H groups in total. The molecule has 0 saturated carbocycles. The quantitative estimate of drug-likeness (QED) is 0.517. The van der Waals surface area contributed by atoms with E-state index in [1.807, 2.05) is 0 Å². The van der Waals surface area contributed by atoms with Crippen molar-refractivity contribution < 1.29 is 5.11 Å². The number of nitrogens with zero attached hydrogens (tertiary/aromatic N) is 1. The van der Waals surface area contributed by atoms with Crippen molar-refractivity contribution in [2.45, 2.75) is 11.4 Å². The van der Waals surface area contributed by atoms with Gasteiger partial charge in [0.05, 0.1) is 10.0 Å². The average Bonchev–Trinajstić information content (AvgIpc) is 2.14. The Morgan fingerprint density at radius 3 is 2.64 bits per heavy atom. The molecule has 78 valence electrons. The van der Waals surface area contributed by atoms with E-state index < -0.39 is 0 Å². The van der Waals surface area contributed by atoms with E-state index in [0.29, 0.717) is 21.5 Å². The summed E-state index contributed by atoms with van der Waals surface area (Å²) in [6.45, 7) is 0.159. The Hall–Kier alpha value is 0.330. The van der Waals surface area contributed by atoms with Crippen molar-refractivity contribution in [2.75, 3.05) is 12.4 Å². The average molecular weight is 273 g/mol. The molecule has 0 fully saturated rings. The van der Waals surface area contributed by atoms with E-state index in [1.165, 1.54) is 11.8 Å². The second-order valence-electron chi connectivity index (χ2n) is 2.47. The predicted octanol–water partition coefficient (Wildman–Crippen LogP) is 3.52. The molecule has 0 bridgehead atoms. The van der Waals surface area contributed by atoms with Gasteiger partial charge in [0.25, 0.3) is 0 Å². The number of halogens is 3. The molecule has 6 heteroatoms. The van der Waals surface area contributed by atoms with Crippen molar-refractivity contribution in [2.24, 2.45) is 0 Å². The first-order chi connectivity index (χ1) is 6.65. The van der Waals surface area contributed by atoms with Gasteiger partial charge in [-0.15, -0.1) is 11.8 Å². The minimum atomic E-state index is 0.159. The molecule has 1 aromatic rings. The fourth-order valence-corrected chi connectivity index (χ4v) is 2.29. The Bertz CT molecular complexity index is 322. The smallest absolute Gasteiger partial charge is 0.149 e. The summed E-state index contributed by atoms with van der Waals surface area (Å²) in [5, 5.41) is 10.3. The summed E-state index contributed by atoms with van der Waals surface area (Å²) in [5.74, 6) is 0.751. The van der Waals surface area contributed by atoms with Gasteiger partial charge in [-0.25, -0.2) is 4.98 Å². The molecular formula is C8H8Cl3NOS. The van der Waals surface area contributed by atoms with Gasteiger partial charge in [0, 0.05) is 12.4 Å². The Morgan fingerprint density at radius 2 is 2.00 bits per heavy atom. The maximum absolute atomic E-state index is 8.60. The third-order valence-corrected chi connectivity index (χ3v) is 3.55. The van der Waals surface area contributed by atoms with Crippen LogP contribution in [0.15, 0.2) is 11.1 Å². The van der Waals surface area contributed by atoms with Crippen LogP contribution in [0.25, 0.3) is 0 Å². The lowest BCUT2D eigenvalue weighted by atomic mass is 10.5. The van der Waals surface area contributed by atoms with Gasteiger partial charge < -0.3 is 5.11 Å². The summed E-state index contributed by atoms with van der Waals surface area (Å²) in [4.78, 5) is 4.03. The first-order valence-electron chi connectivity index (χ1n) is 3.90. The molecule has 0 aliphatic carbocycles. The van der Waals surface area contributed by atoms with E-state index in [1.54, 1.807) is 6.07 Å². The Labute approximate surface area is 102 Å². The van der Waals surface area contributed by atoms with E-state index >= 15 is 0 Å². The number of pyridine rings is 1. The van der Waals surface area contributed by atoms with Crippen LogP contribution in [0, 0.1) is 0 Å². The molecule has 0 radical (unpaired) electrons. The van der Waals surface area contributed by atoms with Crippen LogP contribution >= 0.6 is 46.6 Å². The SMILES string of the molecule is OCCCSc1nc(Cl)c(Cl)cc1Cl. The van der Waals surface area contributed by atoms with E-state index in [9.17, 15) is 0 Å². The molecule has 14 heavy (non-hydrogen) atoms. The van der Waals surface area contributed by atoms with E-state index in [4.69, 9.17) is 39.9 Å². The zero-order valence-corrected chi connectivity index (χ0v) is 10.2. The second kappa shape index (κ2) is 6.03. The molecule has 0 saturated heterocycles. The fourth-order valence-electron chi connectivity index (χ4n) is 0.763. The maximum Gasteiger partial charge on any atom is 0.149 e. The van der Waals surface area contributed by atoms with Crippen molar-refractivity contribution >= 4 is 46.6 Å². The van der Waals surface area contributed by atoms with Gasteiger partial charge in [-0.3, -0.25) is 0 Å². The molecule has 0 aliphatic heterocycles. The first kappa shape index (κ1) is 12.4. The summed E-state index contributed by atoms with van der Waals surface area (Å²) < 4.78 is 0. The third-order valence-electron chi connectivity index (χ3n) is 1.40. The number of hydrogen-bond donors (Lipinski definition) is 1. The Kier molecular flexibility index (Phi) is 5.34. The number of rotatable bonds is 4. The monoisotopic (exact) mass is 271 g/mol. The molecule has 0 amide bonds. The lowest BCUT2D eigenvalue weighted by molar-refractivity contribution is 0.296. The molecule has 2 nitrogen and oxygen atoms in total. The second-order valence-corrected chi connectivity index (χ2v) is 4.73. The van der Waals surface area contributed by atoms with Crippen LogP contribution < -0.4 is 0 Å². The number of aliphatic hydroxyl groups excluding tert-OH is 1. The molecule has 0 unspecified atom stereocenters. The molecular weight excluding hydrogens is 265 g/mol. The lowest BCUT2D eigenvalue weighted by Crippen LogP contribution is -1.89. The highest BCUT2D eigenvalue weighted by Gasteiger charge is 2.07. The van der Waals surface area contributed by atoms with Gasteiger partial charge in [0.2, 0.25) is 0 Å². The summed E-state index contributed by atoms with van der Waals surface area (Å²) in [6.07, 6.45) is 0.697. The lowest BCUT2D eigenvalue weighted by Gasteiger charge is -2.03. The van der Waals surface area contributed by atoms with Crippen LogP contribution in [0.2, 0.25) is 15.2 Å². The highest BCUT2D eigenvalue weighted by Crippen LogP contribution is 2.31. The van der Waals surface area contributed by atoms with Crippen molar-refractivity contribution in [3.05, 3.63) is 21.3 Å². The van der Waals surface area contributed by atoms with Crippen LogP contribution in [-0.4, -0.2) is 22.5 Å². The molecule has 0 aromatic carbocycles. The van der Waals surface area contributed by atoms with Gasteiger partial charge in [-0.2, -0.15) is 0 Å². The van der Waals surface area contributed by atoms with Crippen molar-refractivity contribution in [1.82, 2.24) is 4.98 Å². The molecule has 1 heterocycles. The standard InChI is InChI=1S/C8H8Cl3NOS/c9-5-4-6(10)8(12-7(5)11)14-3-1-2-13/h4,13H,1-3H2. The van der Waals surface area contributed by atoms with Gasteiger partial charge in [0.1, 0.15) is 10.2 Å². The largest absolute Gasteiger partial charge is 0.396 e. The van der Waals surface area contributed by atoms with Gasteiger partial charge in [-0.1, -0.05) is 34.8 Å². The minimum absolute atomic E-state index is 0.159. The highest BCUT2D eigenvalue weighted by atomic mass is 35.5. The Balaban J connectivity index is 2.72. The number of thioether (sulfide) groups is 1. The van der Waals surface area contributed by atoms with E-state index in [-0.39, 0.29) is 11.8 Å². The zero-order chi connectivity index (χ0) is 10.6. The minimum Gasteiger partial charge on any atom is -0.396 e.